The maximum absolute atomic E-state index is 12.0. The zero-order chi connectivity index (χ0) is 5.98. The Balaban J connectivity index is 2.86. The molecule has 0 fully saturated rings. The first kappa shape index (κ1) is 5.13. The van der Waals surface area contributed by atoms with E-state index >= 15 is 0 Å². The van der Waals surface area contributed by atoms with Crippen LogP contribution < -0.4 is 5.32 Å². The van der Waals surface area contributed by atoms with Gasteiger partial charge in [-0.3, -0.25) is 0 Å². The molecule has 1 rings (SSSR count). The standard InChI is InChI=1S/C6H6FN/c1-5-2-3-6(7)8-4-5/h2,4,8H,1H3. The SMILES string of the molecule is CC1=CNC(F)=C=C1. The zero-order valence-electron chi connectivity index (χ0n) is 4.53. The summed E-state index contributed by atoms with van der Waals surface area (Å²) in [7, 11) is 0. The third kappa shape index (κ3) is 0.983. The van der Waals surface area contributed by atoms with Gasteiger partial charge in [0, 0.05) is 6.20 Å². The molecule has 0 saturated carbocycles. The fourth-order valence-corrected chi connectivity index (χ4v) is 0.438. The van der Waals surface area contributed by atoms with Crippen LogP contribution in [0.3, 0.4) is 0 Å². The van der Waals surface area contributed by atoms with E-state index in [4.69, 9.17) is 0 Å². The van der Waals surface area contributed by atoms with Crippen LogP contribution in [0.5, 0.6) is 0 Å². The summed E-state index contributed by atoms with van der Waals surface area (Å²) in [5.41, 5.74) is 3.36. The van der Waals surface area contributed by atoms with Gasteiger partial charge in [0.05, 0.1) is 0 Å². The number of hydrogen-bond donors (Lipinski definition) is 1. The normalized spacial score (nSPS) is 16.8. The molecule has 42 valence electrons. The van der Waals surface area contributed by atoms with Crippen molar-refractivity contribution in [3.8, 4) is 0 Å². The van der Waals surface area contributed by atoms with Gasteiger partial charge in [-0.2, -0.15) is 4.39 Å². The molecule has 0 spiro atoms. The molecule has 0 radical (unpaired) electrons. The molecule has 0 aromatic rings. The zero-order valence-corrected chi connectivity index (χ0v) is 4.53. The van der Waals surface area contributed by atoms with E-state index in [-0.39, 0.29) is 0 Å². The van der Waals surface area contributed by atoms with Crippen molar-refractivity contribution in [2.75, 3.05) is 0 Å². The van der Waals surface area contributed by atoms with E-state index < -0.39 is 5.95 Å². The lowest BCUT2D eigenvalue weighted by Crippen LogP contribution is -2.01. The van der Waals surface area contributed by atoms with Gasteiger partial charge < -0.3 is 5.32 Å². The predicted octanol–water partition coefficient (Wildman–Crippen LogP) is 1.46. The molecule has 2 heteroatoms. The van der Waals surface area contributed by atoms with E-state index in [1.165, 1.54) is 0 Å². The molecule has 0 unspecified atom stereocenters. The fourth-order valence-electron chi connectivity index (χ4n) is 0.438. The van der Waals surface area contributed by atoms with Crippen LogP contribution in [-0.4, -0.2) is 0 Å². The van der Waals surface area contributed by atoms with Crippen LogP contribution in [0.4, 0.5) is 4.39 Å². The van der Waals surface area contributed by atoms with Crippen molar-refractivity contribution in [1.29, 1.82) is 0 Å². The van der Waals surface area contributed by atoms with E-state index in [0.717, 1.165) is 5.57 Å². The fraction of sp³-hybridized carbons (Fsp3) is 0.167. The molecule has 0 aromatic carbocycles. The summed E-state index contributed by atoms with van der Waals surface area (Å²) >= 11 is 0. The minimum atomic E-state index is -0.421. The number of hydrogen-bond acceptors (Lipinski definition) is 1. The van der Waals surface area contributed by atoms with Gasteiger partial charge in [-0.25, -0.2) is 0 Å². The number of halogens is 1. The Morgan fingerprint density at radius 1 is 1.75 bits per heavy atom. The minimum Gasteiger partial charge on any atom is -0.332 e. The van der Waals surface area contributed by atoms with Crippen molar-refractivity contribution in [2.24, 2.45) is 0 Å². The summed E-state index contributed by atoms with van der Waals surface area (Å²) < 4.78 is 12.0. The topological polar surface area (TPSA) is 12.0 Å². The molecule has 1 nitrogen and oxygen atoms in total. The monoisotopic (exact) mass is 111 g/mol. The third-order valence-corrected chi connectivity index (χ3v) is 0.853. The van der Waals surface area contributed by atoms with Crippen molar-refractivity contribution in [3.63, 3.8) is 0 Å². The van der Waals surface area contributed by atoms with Crippen LogP contribution in [0.1, 0.15) is 6.92 Å². The Kier molecular flexibility index (Phi) is 1.18. The Hall–Kier alpha value is -1.01. The maximum Gasteiger partial charge on any atom is 0.234 e. The molecule has 8 heavy (non-hydrogen) atoms. The van der Waals surface area contributed by atoms with Crippen LogP contribution >= 0.6 is 0 Å². The van der Waals surface area contributed by atoms with E-state index in [9.17, 15) is 4.39 Å². The molecular formula is C6H6FN. The van der Waals surface area contributed by atoms with E-state index in [1.54, 1.807) is 12.3 Å². The van der Waals surface area contributed by atoms with Gasteiger partial charge in [0.15, 0.2) is 0 Å². The van der Waals surface area contributed by atoms with Gasteiger partial charge in [-0.1, -0.05) is 5.73 Å². The second-order valence-electron chi connectivity index (χ2n) is 1.64. The third-order valence-electron chi connectivity index (χ3n) is 0.853. The number of allylic oxidation sites excluding steroid dienone is 2. The Morgan fingerprint density at radius 2 is 2.50 bits per heavy atom. The second kappa shape index (κ2) is 1.85. The summed E-state index contributed by atoms with van der Waals surface area (Å²) in [4.78, 5) is 0. The highest BCUT2D eigenvalue weighted by molar-refractivity contribution is 5.20. The summed E-state index contributed by atoms with van der Waals surface area (Å²) in [5, 5.41) is 2.38. The molecular weight excluding hydrogens is 105 g/mol. The molecule has 0 aromatic heterocycles. The molecule has 0 bridgehead atoms. The average molecular weight is 111 g/mol. The Bertz CT molecular complexity index is 185. The highest BCUT2D eigenvalue weighted by atomic mass is 19.1. The van der Waals surface area contributed by atoms with Crippen LogP contribution in [0.15, 0.2) is 29.5 Å². The first-order valence-corrected chi connectivity index (χ1v) is 2.34. The highest BCUT2D eigenvalue weighted by Crippen LogP contribution is 1.99. The first-order valence-electron chi connectivity index (χ1n) is 2.34. The van der Waals surface area contributed by atoms with Gasteiger partial charge in [-0.05, 0) is 18.6 Å². The van der Waals surface area contributed by atoms with Crippen LogP contribution in [0, 0.1) is 0 Å². The largest absolute Gasteiger partial charge is 0.332 e. The lowest BCUT2D eigenvalue weighted by atomic mass is 10.3. The van der Waals surface area contributed by atoms with Crippen molar-refractivity contribution in [2.45, 2.75) is 6.92 Å². The van der Waals surface area contributed by atoms with Gasteiger partial charge in [0.25, 0.3) is 0 Å². The van der Waals surface area contributed by atoms with Gasteiger partial charge in [0.1, 0.15) is 0 Å². The van der Waals surface area contributed by atoms with Crippen LogP contribution in [0.25, 0.3) is 0 Å². The molecule has 1 aliphatic heterocycles. The molecule has 0 saturated heterocycles. The molecule has 1 aliphatic rings. The van der Waals surface area contributed by atoms with Gasteiger partial charge >= 0.3 is 0 Å². The lowest BCUT2D eigenvalue weighted by Gasteiger charge is -1.97. The molecule has 0 atom stereocenters. The van der Waals surface area contributed by atoms with Crippen molar-refractivity contribution in [1.82, 2.24) is 5.32 Å². The molecule has 0 aliphatic carbocycles. The van der Waals surface area contributed by atoms with Crippen molar-refractivity contribution < 1.29 is 4.39 Å². The average Bonchev–Trinajstić information content (AvgIpc) is 1.77. The summed E-state index contributed by atoms with van der Waals surface area (Å²) in [6.45, 7) is 1.87. The second-order valence-corrected chi connectivity index (χ2v) is 1.64. The van der Waals surface area contributed by atoms with Crippen LogP contribution in [0.2, 0.25) is 0 Å². The Labute approximate surface area is 47.2 Å². The highest BCUT2D eigenvalue weighted by Gasteiger charge is 1.90. The van der Waals surface area contributed by atoms with Crippen molar-refractivity contribution >= 4 is 0 Å². The van der Waals surface area contributed by atoms with Gasteiger partial charge in [-0.15, -0.1) is 0 Å². The summed E-state index contributed by atoms with van der Waals surface area (Å²) in [6.07, 6.45) is 3.18. The maximum atomic E-state index is 12.0. The van der Waals surface area contributed by atoms with E-state index in [0.29, 0.717) is 0 Å². The summed E-state index contributed by atoms with van der Waals surface area (Å²) in [6, 6.07) is 0. The number of rotatable bonds is 0. The quantitative estimate of drug-likeness (QED) is 0.368. The molecule has 0 amide bonds. The molecule has 1 N–H and O–H groups in total. The lowest BCUT2D eigenvalue weighted by molar-refractivity contribution is 0.585. The van der Waals surface area contributed by atoms with E-state index in [1.807, 2.05) is 6.92 Å². The van der Waals surface area contributed by atoms with Crippen LogP contribution in [-0.2, 0) is 0 Å². The van der Waals surface area contributed by atoms with Crippen molar-refractivity contribution in [3.05, 3.63) is 29.5 Å². The Morgan fingerprint density at radius 3 is 2.88 bits per heavy atom. The minimum absolute atomic E-state index is 0.421. The molecule has 1 heterocycles. The first-order chi connectivity index (χ1) is 3.79. The van der Waals surface area contributed by atoms with Gasteiger partial charge in [0.2, 0.25) is 5.95 Å². The summed E-state index contributed by atoms with van der Waals surface area (Å²) in [5.74, 6) is -0.421. The van der Waals surface area contributed by atoms with E-state index in [2.05, 4.69) is 11.0 Å². The predicted molar refractivity (Wildman–Crippen MR) is 29.6 cm³/mol. The number of nitrogens with one attached hydrogen (secondary N) is 1. The smallest absolute Gasteiger partial charge is 0.234 e.